The van der Waals surface area contributed by atoms with Gasteiger partial charge < -0.3 is 14.2 Å². The van der Waals surface area contributed by atoms with Crippen LogP contribution in [0.1, 0.15) is 54.9 Å². The highest BCUT2D eigenvalue weighted by atomic mass is 16.7. The number of nitro benzene ring substituents is 1. The summed E-state index contributed by atoms with van der Waals surface area (Å²) in [5.74, 6) is -1.58. The number of carbonyl (C=O) groups excluding carboxylic acids is 1. The third-order valence-electron chi connectivity index (χ3n) is 4.39. The van der Waals surface area contributed by atoms with Gasteiger partial charge in [-0.1, -0.05) is 38.3 Å². The Morgan fingerprint density at radius 3 is 2.60 bits per heavy atom. The lowest BCUT2D eigenvalue weighted by Crippen LogP contribution is -2.33. The van der Waals surface area contributed by atoms with E-state index in [4.69, 9.17) is 9.47 Å². The average Bonchev–Trinajstić information content (AvgIpc) is 3.06. The molecular formula is C18H25NO6. The first-order valence-electron chi connectivity index (χ1n) is 8.65. The Labute approximate surface area is 147 Å². The van der Waals surface area contributed by atoms with Gasteiger partial charge in [0.1, 0.15) is 5.56 Å². The van der Waals surface area contributed by atoms with Crippen molar-refractivity contribution in [3.8, 4) is 0 Å². The number of methoxy groups -OCH3 is 1. The molecule has 0 radical (unpaired) electrons. The number of nitro groups is 1. The molecule has 0 aliphatic carbocycles. The normalized spacial score (nSPS) is 15.9. The number of carbonyl (C=O) groups is 1. The Kier molecular flexibility index (Phi) is 6.90. The zero-order valence-electron chi connectivity index (χ0n) is 14.8. The standard InChI is InChI=1S/C18H25NO6/c1-3-4-5-6-10-18(24-11-12-25-18)13-14-8-7-9-15(17(20)23-2)16(14)19(21)22/h7-9H,3-6,10-13H2,1-2H3. The molecule has 0 bridgehead atoms. The van der Waals surface area contributed by atoms with Crippen LogP contribution in [0, 0.1) is 10.1 Å². The Hall–Kier alpha value is -1.99. The molecule has 2 rings (SSSR count). The Morgan fingerprint density at radius 1 is 1.28 bits per heavy atom. The number of hydrogen-bond donors (Lipinski definition) is 0. The van der Waals surface area contributed by atoms with Gasteiger partial charge in [0, 0.05) is 18.4 Å². The maximum Gasteiger partial charge on any atom is 0.344 e. The summed E-state index contributed by atoms with van der Waals surface area (Å²) < 4.78 is 16.3. The summed E-state index contributed by atoms with van der Waals surface area (Å²) >= 11 is 0. The summed E-state index contributed by atoms with van der Waals surface area (Å²) in [6.45, 7) is 3.08. The SMILES string of the molecule is CCCCCCC1(Cc2cccc(C(=O)OC)c2[N+](=O)[O-])OCCO1. The number of benzene rings is 1. The molecule has 1 heterocycles. The van der Waals surface area contributed by atoms with Crippen molar-refractivity contribution in [2.24, 2.45) is 0 Å². The first kappa shape index (κ1) is 19.3. The van der Waals surface area contributed by atoms with Crippen LogP contribution in [-0.2, 0) is 20.6 Å². The maximum absolute atomic E-state index is 11.9. The minimum absolute atomic E-state index is 0.0517. The molecule has 0 saturated carbocycles. The molecule has 0 spiro atoms. The van der Waals surface area contributed by atoms with Gasteiger partial charge in [0.05, 0.1) is 25.2 Å². The highest BCUT2D eigenvalue weighted by Gasteiger charge is 2.39. The van der Waals surface area contributed by atoms with E-state index in [1.807, 2.05) is 0 Å². The van der Waals surface area contributed by atoms with Gasteiger partial charge in [-0.25, -0.2) is 4.79 Å². The van der Waals surface area contributed by atoms with Crippen LogP contribution < -0.4 is 0 Å². The van der Waals surface area contributed by atoms with Gasteiger partial charge in [0.15, 0.2) is 5.79 Å². The summed E-state index contributed by atoms with van der Waals surface area (Å²) in [4.78, 5) is 22.9. The monoisotopic (exact) mass is 351 g/mol. The van der Waals surface area contributed by atoms with Crippen LogP contribution in [0.25, 0.3) is 0 Å². The van der Waals surface area contributed by atoms with E-state index in [2.05, 4.69) is 11.7 Å². The molecule has 0 unspecified atom stereocenters. The molecule has 7 nitrogen and oxygen atoms in total. The quantitative estimate of drug-likeness (QED) is 0.292. The van der Waals surface area contributed by atoms with E-state index in [9.17, 15) is 14.9 Å². The second-order valence-electron chi connectivity index (χ2n) is 6.16. The molecule has 1 aromatic carbocycles. The minimum Gasteiger partial charge on any atom is -0.465 e. The fourth-order valence-electron chi connectivity index (χ4n) is 3.17. The molecule has 1 aliphatic rings. The fraction of sp³-hybridized carbons (Fsp3) is 0.611. The first-order valence-corrected chi connectivity index (χ1v) is 8.65. The minimum atomic E-state index is -0.854. The van der Waals surface area contributed by atoms with E-state index in [0.29, 0.717) is 25.2 Å². The Balaban J connectivity index is 2.26. The van der Waals surface area contributed by atoms with Crippen LogP contribution >= 0.6 is 0 Å². The number of nitrogens with zero attached hydrogens (tertiary/aromatic N) is 1. The van der Waals surface area contributed by atoms with Crippen molar-refractivity contribution in [2.45, 2.75) is 51.2 Å². The van der Waals surface area contributed by atoms with E-state index in [1.165, 1.54) is 13.2 Å². The highest BCUT2D eigenvalue weighted by Crippen LogP contribution is 2.34. The number of unbranched alkanes of at least 4 members (excludes halogenated alkanes) is 3. The maximum atomic E-state index is 11.9. The largest absolute Gasteiger partial charge is 0.465 e. The van der Waals surface area contributed by atoms with E-state index in [-0.39, 0.29) is 17.7 Å². The molecule has 1 saturated heterocycles. The number of esters is 1. The van der Waals surface area contributed by atoms with Crippen LogP contribution in [0.15, 0.2) is 18.2 Å². The summed E-state index contributed by atoms with van der Waals surface area (Å²) in [5.41, 5.74) is 0.135. The lowest BCUT2D eigenvalue weighted by atomic mass is 9.96. The average molecular weight is 351 g/mol. The smallest absolute Gasteiger partial charge is 0.344 e. The second kappa shape index (κ2) is 8.92. The number of para-hydroxylation sites is 1. The molecule has 138 valence electrons. The zero-order chi connectivity index (χ0) is 18.3. The first-order chi connectivity index (χ1) is 12.0. The van der Waals surface area contributed by atoms with Crippen molar-refractivity contribution in [1.29, 1.82) is 0 Å². The summed E-state index contributed by atoms with van der Waals surface area (Å²) in [7, 11) is 1.21. The summed E-state index contributed by atoms with van der Waals surface area (Å²) in [6, 6.07) is 4.66. The van der Waals surface area contributed by atoms with Gasteiger partial charge in [0.2, 0.25) is 0 Å². The van der Waals surface area contributed by atoms with Gasteiger partial charge in [-0.05, 0) is 12.5 Å². The molecule has 1 aromatic rings. The predicted molar refractivity (Wildman–Crippen MR) is 91.5 cm³/mol. The topological polar surface area (TPSA) is 87.9 Å². The second-order valence-corrected chi connectivity index (χ2v) is 6.16. The highest BCUT2D eigenvalue weighted by molar-refractivity contribution is 5.94. The molecule has 0 amide bonds. The van der Waals surface area contributed by atoms with Gasteiger partial charge in [-0.2, -0.15) is 0 Å². The van der Waals surface area contributed by atoms with E-state index < -0.39 is 16.7 Å². The van der Waals surface area contributed by atoms with Gasteiger partial charge in [0.25, 0.3) is 5.69 Å². The van der Waals surface area contributed by atoms with Crippen LogP contribution in [-0.4, -0.2) is 37.0 Å². The van der Waals surface area contributed by atoms with Crippen molar-refractivity contribution < 1.29 is 23.9 Å². The van der Waals surface area contributed by atoms with Crippen LogP contribution in [0.2, 0.25) is 0 Å². The molecule has 1 fully saturated rings. The van der Waals surface area contributed by atoms with E-state index in [1.54, 1.807) is 12.1 Å². The zero-order valence-corrected chi connectivity index (χ0v) is 14.8. The third kappa shape index (κ3) is 4.76. The van der Waals surface area contributed by atoms with Crippen molar-refractivity contribution in [3.05, 3.63) is 39.4 Å². The van der Waals surface area contributed by atoms with Gasteiger partial charge in [-0.15, -0.1) is 0 Å². The van der Waals surface area contributed by atoms with Crippen LogP contribution in [0.5, 0.6) is 0 Å². The van der Waals surface area contributed by atoms with E-state index >= 15 is 0 Å². The summed E-state index contributed by atoms with van der Waals surface area (Å²) in [6.07, 6.45) is 5.16. The van der Waals surface area contributed by atoms with Crippen LogP contribution in [0.3, 0.4) is 0 Å². The Bertz CT molecular complexity index is 610. The molecule has 7 heteroatoms. The molecule has 0 atom stereocenters. The Morgan fingerprint density at radius 2 is 2.00 bits per heavy atom. The number of hydrogen-bond acceptors (Lipinski definition) is 6. The van der Waals surface area contributed by atoms with Crippen molar-refractivity contribution in [3.63, 3.8) is 0 Å². The lowest BCUT2D eigenvalue weighted by molar-refractivity contribution is -0.386. The van der Waals surface area contributed by atoms with Crippen molar-refractivity contribution >= 4 is 11.7 Å². The third-order valence-corrected chi connectivity index (χ3v) is 4.39. The summed E-state index contributed by atoms with van der Waals surface area (Å²) in [5, 5.41) is 11.6. The predicted octanol–water partition coefficient (Wildman–Crippen LogP) is 3.64. The van der Waals surface area contributed by atoms with Gasteiger partial charge >= 0.3 is 5.97 Å². The molecular weight excluding hydrogens is 326 g/mol. The fourth-order valence-corrected chi connectivity index (χ4v) is 3.17. The van der Waals surface area contributed by atoms with Crippen LogP contribution in [0.4, 0.5) is 5.69 Å². The van der Waals surface area contributed by atoms with Gasteiger partial charge in [-0.3, -0.25) is 10.1 Å². The molecule has 0 aromatic heterocycles. The molecule has 1 aliphatic heterocycles. The molecule has 25 heavy (non-hydrogen) atoms. The lowest BCUT2D eigenvalue weighted by Gasteiger charge is -2.27. The van der Waals surface area contributed by atoms with E-state index in [0.717, 1.165) is 25.7 Å². The number of ether oxygens (including phenoxy) is 3. The van der Waals surface area contributed by atoms with Crippen molar-refractivity contribution in [1.82, 2.24) is 0 Å². The van der Waals surface area contributed by atoms with Crippen molar-refractivity contribution in [2.75, 3.05) is 20.3 Å². The molecule has 0 N–H and O–H groups in total. The number of rotatable bonds is 9.